The van der Waals surface area contributed by atoms with E-state index in [1.807, 2.05) is 0 Å². The molecule has 1 aliphatic carbocycles. The van der Waals surface area contributed by atoms with Crippen LogP contribution in [0.3, 0.4) is 0 Å². The van der Waals surface area contributed by atoms with Crippen molar-refractivity contribution in [2.75, 3.05) is 0 Å². The second-order valence-electron chi connectivity index (χ2n) is 2.10. The van der Waals surface area contributed by atoms with Crippen molar-refractivity contribution in [1.82, 2.24) is 0 Å². The predicted molar refractivity (Wildman–Crippen MR) is 40.2 cm³/mol. The Morgan fingerprint density at radius 3 is 3.11 bits per heavy atom. The molecule has 2 rings (SSSR count). The summed E-state index contributed by atoms with van der Waals surface area (Å²) >= 11 is 0.705. The number of hydrogen-bond acceptors (Lipinski definition) is 0. The summed E-state index contributed by atoms with van der Waals surface area (Å²) in [6, 6.07) is 0. The first kappa shape index (κ1) is 5.52. The van der Waals surface area contributed by atoms with Crippen molar-refractivity contribution in [3.8, 4) is 0 Å². The molecule has 0 saturated heterocycles. The van der Waals surface area contributed by atoms with Gasteiger partial charge in [-0.15, -0.1) is 0 Å². The van der Waals surface area contributed by atoms with Crippen molar-refractivity contribution in [2.45, 2.75) is 4.82 Å². The maximum absolute atomic E-state index is 2.30. The van der Waals surface area contributed by atoms with Gasteiger partial charge in [-0.25, -0.2) is 0 Å². The third kappa shape index (κ3) is 0.910. The normalized spacial score (nSPS) is 31.3. The van der Waals surface area contributed by atoms with Gasteiger partial charge in [0, 0.05) is 0 Å². The molecule has 1 heterocycles. The Hall–Kier alpha value is -0.261. The average Bonchev–Trinajstić information content (AvgIpc) is 2.33. The van der Waals surface area contributed by atoms with Gasteiger partial charge in [-0.1, -0.05) is 0 Å². The van der Waals surface area contributed by atoms with E-state index in [4.69, 9.17) is 0 Å². The molecule has 0 N–H and O–H groups in total. The van der Waals surface area contributed by atoms with Gasteiger partial charge in [-0.2, -0.15) is 0 Å². The molecule has 9 heavy (non-hydrogen) atoms. The van der Waals surface area contributed by atoms with Crippen LogP contribution in [0.5, 0.6) is 0 Å². The molecule has 0 aromatic carbocycles. The van der Waals surface area contributed by atoms with E-state index in [0.29, 0.717) is 15.0 Å². The Labute approximate surface area is 61.5 Å². The van der Waals surface area contributed by atoms with Crippen LogP contribution in [0.4, 0.5) is 0 Å². The van der Waals surface area contributed by atoms with Crippen LogP contribution in [0.15, 0.2) is 35.4 Å². The molecule has 1 aliphatic heterocycles. The summed E-state index contributed by atoms with van der Waals surface area (Å²) in [7, 11) is 0. The summed E-state index contributed by atoms with van der Waals surface area (Å²) in [6.45, 7) is 0. The maximum atomic E-state index is 2.30. The van der Waals surface area contributed by atoms with Gasteiger partial charge in [0.25, 0.3) is 0 Å². The second-order valence-corrected chi connectivity index (χ2v) is 4.31. The molecule has 45 valence electrons. The zero-order valence-corrected chi connectivity index (χ0v) is 6.66. The van der Waals surface area contributed by atoms with Crippen LogP contribution in [-0.2, 0) is 0 Å². The summed E-state index contributed by atoms with van der Waals surface area (Å²) in [5.41, 5.74) is 0. The van der Waals surface area contributed by atoms with Crippen LogP contribution >= 0.6 is 0 Å². The van der Waals surface area contributed by atoms with Gasteiger partial charge in [0.05, 0.1) is 0 Å². The van der Waals surface area contributed by atoms with Crippen molar-refractivity contribution >= 4 is 15.0 Å². The molecule has 1 unspecified atom stereocenters. The minimum absolute atomic E-state index is 0.705. The molecule has 0 spiro atoms. The average molecular weight is 182 g/mol. The third-order valence-corrected chi connectivity index (χ3v) is 3.63. The van der Waals surface area contributed by atoms with Crippen LogP contribution in [0.2, 0.25) is 4.82 Å². The van der Waals surface area contributed by atoms with Crippen LogP contribution in [0.25, 0.3) is 0 Å². The number of hydrogen-bond donors (Lipinski definition) is 0. The Morgan fingerprint density at radius 1 is 1.22 bits per heavy atom. The van der Waals surface area contributed by atoms with Gasteiger partial charge in [-0.3, -0.25) is 0 Å². The molecule has 1 atom stereocenters. The fraction of sp³-hybridized carbons (Fsp3) is 0.125. The summed E-state index contributed by atoms with van der Waals surface area (Å²) < 4.78 is 0. The molecule has 0 aromatic heterocycles. The Bertz CT molecular complexity index is 189. The monoisotopic (exact) mass is 183 g/mol. The predicted octanol–water partition coefficient (Wildman–Crippen LogP) is 1.71. The van der Waals surface area contributed by atoms with Crippen LogP contribution in [-0.4, -0.2) is 15.0 Å². The number of rotatable bonds is 0. The zero-order valence-electron chi connectivity index (χ0n) is 4.95. The van der Waals surface area contributed by atoms with E-state index in [2.05, 4.69) is 35.4 Å². The second kappa shape index (κ2) is 2.17. The van der Waals surface area contributed by atoms with E-state index in [0.717, 1.165) is 4.82 Å². The molecule has 1 heteroatoms. The van der Waals surface area contributed by atoms with Crippen molar-refractivity contribution in [1.29, 1.82) is 0 Å². The molecule has 2 aliphatic rings. The molecule has 0 fully saturated rings. The van der Waals surface area contributed by atoms with E-state index < -0.39 is 0 Å². The Balaban J connectivity index is 2.25. The van der Waals surface area contributed by atoms with Crippen LogP contribution in [0, 0.1) is 5.92 Å². The molecule has 0 amide bonds. The van der Waals surface area contributed by atoms with E-state index in [1.165, 1.54) is 5.92 Å². The van der Waals surface area contributed by atoms with Gasteiger partial charge in [0.2, 0.25) is 0 Å². The molecule has 1 radical (unpaired) electrons. The van der Waals surface area contributed by atoms with E-state index in [1.54, 1.807) is 0 Å². The van der Waals surface area contributed by atoms with E-state index in [9.17, 15) is 0 Å². The number of allylic oxidation sites excluding steroid dienone is 5. The van der Waals surface area contributed by atoms with Gasteiger partial charge in [0.15, 0.2) is 0 Å². The summed E-state index contributed by atoms with van der Waals surface area (Å²) in [5.74, 6) is 1.50. The molecular formula is C8H7Se. The minimum atomic E-state index is 0.705. The standard InChI is InChI=1S/C8H7Se/c1-2-4-8-7(3-1)5-6-9-8/h1-6,8H. The first-order valence-electron chi connectivity index (χ1n) is 3.00. The Morgan fingerprint density at radius 2 is 2.22 bits per heavy atom. The fourth-order valence-corrected chi connectivity index (χ4v) is 2.90. The van der Waals surface area contributed by atoms with Crippen molar-refractivity contribution in [3.63, 3.8) is 0 Å². The molecule has 0 bridgehead atoms. The topological polar surface area (TPSA) is 0 Å². The van der Waals surface area contributed by atoms with Gasteiger partial charge >= 0.3 is 61.0 Å². The van der Waals surface area contributed by atoms with Crippen molar-refractivity contribution < 1.29 is 0 Å². The fourth-order valence-electron chi connectivity index (χ4n) is 1.01. The first-order valence-corrected chi connectivity index (χ1v) is 4.98. The molecular weight excluding hydrogens is 175 g/mol. The van der Waals surface area contributed by atoms with E-state index in [-0.39, 0.29) is 0 Å². The Kier molecular flexibility index (Phi) is 1.33. The van der Waals surface area contributed by atoms with Gasteiger partial charge in [-0.05, 0) is 0 Å². The number of fused-ring (bicyclic) bond motifs is 1. The van der Waals surface area contributed by atoms with Crippen molar-refractivity contribution in [2.24, 2.45) is 0 Å². The van der Waals surface area contributed by atoms with Gasteiger partial charge < -0.3 is 0 Å². The van der Waals surface area contributed by atoms with Crippen molar-refractivity contribution in [3.05, 3.63) is 41.3 Å². The third-order valence-electron chi connectivity index (χ3n) is 1.50. The molecule has 0 aromatic rings. The van der Waals surface area contributed by atoms with Gasteiger partial charge in [0.1, 0.15) is 0 Å². The van der Waals surface area contributed by atoms with Crippen LogP contribution < -0.4 is 0 Å². The molecule has 0 nitrogen and oxygen atoms in total. The summed E-state index contributed by atoms with van der Waals surface area (Å²) in [4.78, 5) is 3.06. The zero-order chi connectivity index (χ0) is 6.10. The first-order chi connectivity index (χ1) is 4.47. The molecule has 0 saturated carbocycles. The van der Waals surface area contributed by atoms with Crippen LogP contribution in [0.1, 0.15) is 0 Å². The quantitative estimate of drug-likeness (QED) is 0.500. The van der Waals surface area contributed by atoms with E-state index >= 15 is 0 Å². The summed E-state index contributed by atoms with van der Waals surface area (Å²) in [6.07, 6.45) is 11.0. The summed E-state index contributed by atoms with van der Waals surface area (Å²) in [5, 5.41) is 0. The SMILES string of the molecule is C1=C[C]2C=C[Se]C2C=C1.